The molecular weight excluding hydrogens is 361 g/mol. The number of aliphatic hydroxyl groups is 1. The summed E-state index contributed by atoms with van der Waals surface area (Å²) in [5, 5.41) is 11.5. The fourth-order valence-corrected chi connectivity index (χ4v) is 3.71. The van der Waals surface area contributed by atoms with Crippen LogP contribution in [0, 0.1) is 12.7 Å². The van der Waals surface area contributed by atoms with Crippen molar-refractivity contribution in [1.29, 1.82) is 0 Å². The van der Waals surface area contributed by atoms with Crippen molar-refractivity contribution in [2.24, 2.45) is 0 Å². The zero-order valence-electron chi connectivity index (χ0n) is 15.8. The van der Waals surface area contributed by atoms with E-state index < -0.39 is 11.7 Å². The first-order chi connectivity index (χ1) is 13.3. The highest BCUT2D eigenvalue weighted by Gasteiger charge is 2.42. The molecule has 2 aromatic carbocycles. The molecule has 0 radical (unpaired) electrons. The zero-order chi connectivity index (χ0) is 19.9. The minimum atomic E-state index is -1.21. The van der Waals surface area contributed by atoms with Gasteiger partial charge in [0.05, 0.1) is 6.54 Å². The zero-order valence-corrected chi connectivity index (χ0v) is 15.8. The van der Waals surface area contributed by atoms with Crippen molar-refractivity contribution in [2.75, 3.05) is 13.1 Å². The van der Waals surface area contributed by atoms with Crippen LogP contribution in [0.3, 0.4) is 0 Å². The van der Waals surface area contributed by atoms with E-state index in [-0.39, 0.29) is 24.0 Å². The monoisotopic (exact) mass is 383 g/mol. The molecule has 2 atom stereocenters. The maximum absolute atomic E-state index is 13.5. The summed E-state index contributed by atoms with van der Waals surface area (Å²) in [4.78, 5) is 14.6. The minimum Gasteiger partial charge on any atom is -0.487 e. The third-order valence-electron chi connectivity index (χ3n) is 5.27. The quantitative estimate of drug-likeness (QED) is 0.745. The normalized spacial score (nSPS) is 22.4. The maximum Gasteiger partial charge on any atom is 0.289 e. The Bertz CT molecular complexity index is 1010. The third kappa shape index (κ3) is 3.36. The number of carbonyl (C=O) groups is 1. The van der Waals surface area contributed by atoms with Gasteiger partial charge in [-0.25, -0.2) is 4.39 Å². The fraction of sp³-hybridized carbons (Fsp3) is 0.318. The summed E-state index contributed by atoms with van der Waals surface area (Å²) >= 11 is 0. The van der Waals surface area contributed by atoms with E-state index in [0.717, 1.165) is 0 Å². The molecule has 5 nitrogen and oxygen atoms in total. The van der Waals surface area contributed by atoms with Crippen LogP contribution >= 0.6 is 0 Å². The van der Waals surface area contributed by atoms with Crippen LogP contribution < -0.4 is 4.74 Å². The molecule has 0 bridgehead atoms. The molecule has 0 unspecified atom stereocenters. The molecule has 4 rings (SSSR count). The van der Waals surface area contributed by atoms with Gasteiger partial charge >= 0.3 is 0 Å². The summed E-state index contributed by atoms with van der Waals surface area (Å²) in [6.07, 6.45) is 0.0615. The van der Waals surface area contributed by atoms with Crippen LogP contribution in [-0.2, 0) is 0 Å². The SMILES string of the molecule is Cc1c(C(=O)N2CC[C@H](Oc3ccccc3)[C@@](C)(O)C2)oc2ccc(F)cc12. The van der Waals surface area contributed by atoms with Crippen molar-refractivity contribution >= 4 is 16.9 Å². The second kappa shape index (κ2) is 6.95. The van der Waals surface area contributed by atoms with Gasteiger partial charge in [-0.05, 0) is 44.2 Å². The van der Waals surface area contributed by atoms with E-state index >= 15 is 0 Å². The highest BCUT2D eigenvalue weighted by Crippen LogP contribution is 2.30. The second-order valence-electron chi connectivity index (χ2n) is 7.49. The molecule has 1 aliphatic rings. The van der Waals surface area contributed by atoms with Crippen molar-refractivity contribution in [3.05, 3.63) is 65.7 Å². The fourth-order valence-electron chi connectivity index (χ4n) is 3.71. The van der Waals surface area contributed by atoms with Crippen LogP contribution in [0.4, 0.5) is 4.39 Å². The van der Waals surface area contributed by atoms with E-state index in [9.17, 15) is 14.3 Å². The molecule has 1 N–H and O–H groups in total. The Morgan fingerprint density at radius 1 is 1.29 bits per heavy atom. The summed E-state index contributed by atoms with van der Waals surface area (Å²) in [5.41, 5.74) is -0.145. The molecule has 0 saturated carbocycles. The first-order valence-electron chi connectivity index (χ1n) is 9.27. The lowest BCUT2D eigenvalue weighted by Gasteiger charge is -2.42. The van der Waals surface area contributed by atoms with Crippen LogP contribution in [0.5, 0.6) is 5.75 Å². The van der Waals surface area contributed by atoms with E-state index in [4.69, 9.17) is 9.15 Å². The number of likely N-dealkylation sites (tertiary alicyclic amines) is 1. The molecular formula is C22H22FNO4. The lowest BCUT2D eigenvalue weighted by Crippen LogP contribution is -2.58. The van der Waals surface area contributed by atoms with Crippen molar-refractivity contribution in [1.82, 2.24) is 4.90 Å². The standard InChI is InChI=1S/C22H22FNO4/c1-14-17-12-15(23)8-9-18(17)28-20(14)21(25)24-11-10-19(22(2,26)13-24)27-16-6-4-3-5-7-16/h3-9,12,19,26H,10-11,13H2,1-2H3/t19-,22-/m0/s1. The van der Waals surface area contributed by atoms with Gasteiger partial charge in [0.2, 0.25) is 0 Å². The second-order valence-corrected chi connectivity index (χ2v) is 7.49. The van der Waals surface area contributed by atoms with Crippen LogP contribution in [0.1, 0.15) is 29.5 Å². The Balaban J connectivity index is 1.53. The number of furan rings is 1. The maximum atomic E-state index is 13.5. The molecule has 1 fully saturated rings. The average molecular weight is 383 g/mol. The van der Waals surface area contributed by atoms with E-state index in [1.54, 1.807) is 18.7 Å². The highest BCUT2D eigenvalue weighted by molar-refractivity contribution is 5.99. The van der Waals surface area contributed by atoms with Gasteiger partial charge in [-0.1, -0.05) is 18.2 Å². The number of fused-ring (bicyclic) bond motifs is 1. The van der Waals surface area contributed by atoms with Crippen LogP contribution in [-0.4, -0.2) is 40.7 Å². The van der Waals surface area contributed by atoms with Crippen LogP contribution in [0.2, 0.25) is 0 Å². The molecule has 28 heavy (non-hydrogen) atoms. The average Bonchev–Trinajstić information content (AvgIpc) is 2.99. The van der Waals surface area contributed by atoms with Crippen molar-refractivity contribution in [3.8, 4) is 5.75 Å². The molecule has 146 valence electrons. The van der Waals surface area contributed by atoms with Gasteiger partial charge < -0.3 is 19.2 Å². The predicted octanol–water partition coefficient (Wildman–Crippen LogP) is 3.92. The van der Waals surface area contributed by atoms with Crippen LogP contribution in [0.25, 0.3) is 11.0 Å². The Morgan fingerprint density at radius 3 is 2.75 bits per heavy atom. The molecule has 3 aromatic rings. The molecule has 1 saturated heterocycles. The summed E-state index contributed by atoms with van der Waals surface area (Å²) in [7, 11) is 0. The molecule has 1 aromatic heterocycles. The van der Waals surface area contributed by atoms with Crippen LogP contribution in [0.15, 0.2) is 52.9 Å². The molecule has 6 heteroatoms. The van der Waals surface area contributed by atoms with E-state index in [2.05, 4.69) is 0 Å². The van der Waals surface area contributed by atoms with Crippen molar-refractivity contribution in [3.63, 3.8) is 0 Å². The van der Waals surface area contributed by atoms with Gasteiger partial charge in [-0.3, -0.25) is 4.79 Å². The number of carbonyl (C=O) groups excluding carboxylic acids is 1. The van der Waals surface area contributed by atoms with Gasteiger partial charge in [-0.2, -0.15) is 0 Å². The summed E-state index contributed by atoms with van der Waals surface area (Å²) in [6.45, 7) is 3.95. The Kier molecular flexibility index (Phi) is 4.59. The number of aryl methyl sites for hydroxylation is 1. The molecule has 1 aliphatic heterocycles. The largest absolute Gasteiger partial charge is 0.487 e. The molecule has 2 heterocycles. The topological polar surface area (TPSA) is 62.9 Å². The Labute approximate surface area is 162 Å². The first-order valence-corrected chi connectivity index (χ1v) is 9.27. The summed E-state index contributed by atoms with van der Waals surface area (Å²) < 4.78 is 25.1. The molecule has 1 amide bonds. The number of ether oxygens (including phenoxy) is 1. The van der Waals surface area contributed by atoms with E-state index in [1.165, 1.54) is 18.2 Å². The van der Waals surface area contributed by atoms with Crippen molar-refractivity contribution < 1.29 is 23.4 Å². The number of piperidine rings is 1. The number of hydrogen-bond donors (Lipinski definition) is 1. The first kappa shape index (κ1) is 18.5. The molecule has 0 aliphatic carbocycles. The third-order valence-corrected chi connectivity index (χ3v) is 5.27. The van der Waals surface area contributed by atoms with Gasteiger partial charge in [0.1, 0.15) is 28.9 Å². The number of halogens is 1. The van der Waals surface area contributed by atoms with Crippen molar-refractivity contribution in [2.45, 2.75) is 32.0 Å². The number of β-amino-alcohol motifs (C(OH)–C–C–N with tert-alkyl or cyclic N) is 1. The van der Waals surface area contributed by atoms with E-state index in [1.807, 2.05) is 30.3 Å². The molecule has 0 spiro atoms. The number of hydrogen-bond acceptors (Lipinski definition) is 4. The highest BCUT2D eigenvalue weighted by atomic mass is 19.1. The number of benzene rings is 2. The Hall–Kier alpha value is -2.86. The Morgan fingerprint density at radius 2 is 2.04 bits per heavy atom. The number of nitrogens with zero attached hydrogens (tertiary/aromatic N) is 1. The lowest BCUT2D eigenvalue weighted by atomic mass is 9.91. The van der Waals surface area contributed by atoms with Gasteiger partial charge in [0.25, 0.3) is 5.91 Å². The smallest absolute Gasteiger partial charge is 0.289 e. The van der Waals surface area contributed by atoms with Gasteiger partial charge in [-0.15, -0.1) is 0 Å². The number of rotatable bonds is 3. The van der Waals surface area contributed by atoms with Gasteiger partial charge in [0, 0.05) is 23.9 Å². The predicted molar refractivity (Wildman–Crippen MR) is 103 cm³/mol. The van der Waals surface area contributed by atoms with Gasteiger partial charge in [0.15, 0.2) is 5.76 Å². The minimum absolute atomic E-state index is 0.119. The number of para-hydroxylation sites is 1. The lowest BCUT2D eigenvalue weighted by molar-refractivity contribution is -0.0902. The van der Waals surface area contributed by atoms with E-state index in [0.29, 0.717) is 35.2 Å². The number of amides is 1. The summed E-state index contributed by atoms with van der Waals surface area (Å²) in [5.74, 6) is 0.172. The summed E-state index contributed by atoms with van der Waals surface area (Å²) in [6, 6.07) is 13.5.